The first kappa shape index (κ1) is 19.9. The molecule has 3 heterocycles. The highest BCUT2D eigenvalue weighted by Crippen LogP contribution is 2.36. The zero-order valence-electron chi connectivity index (χ0n) is 17.5. The number of fused-ring (bicyclic) bond motifs is 1. The summed E-state index contributed by atoms with van der Waals surface area (Å²) < 4.78 is 17.6. The third-order valence-electron chi connectivity index (χ3n) is 5.84. The molecule has 7 heteroatoms. The molecule has 0 unspecified atom stereocenters. The van der Waals surface area contributed by atoms with Crippen molar-refractivity contribution in [2.75, 3.05) is 0 Å². The van der Waals surface area contributed by atoms with Crippen molar-refractivity contribution in [3.8, 4) is 0 Å². The number of hydrogen-bond acceptors (Lipinski definition) is 3. The summed E-state index contributed by atoms with van der Waals surface area (Å²) in [6, 6.07) is 13.5. The van der Waals surface area contributed by atoms with Crippen LogP contribution in [0, 0.1) is 12.7 Å². The van der Waals surface area contributed by atoms with Gasteiger partial charge in [0.2, 0.25) is 0 Å². The lowest BCUT2D eigenvalue weighted by molar-refractivity contribution is -0.122. The predicted molar refractivity (Wildman–Crippen MR) is 120 cm³/mol. The van der Waals surface area contributed by atoms with Crippen LogP contribution in [0.3, 0.4) is 0 Å². The minimum absolute atomic E-state index is 0.270. The summed E-state index contributed by atoms with van der Waals surface area (Å²) in [5, 5.41) is 3.30. The Labute approximate surface area is 184 Å². The summed E-state index contributed by atoms with van der Waals surface area (Å²) >= 11 is 0. The van der Waals surface area contributed by atoms with Crippen LogP contribution in [0.1, 0.15) is 23.2 Å². The number of nitrogens with zero attached hydrogens (tertiary/aromatic N) is 3. The number of carbonyl (C=O) groups is 2. The van der Waals surface area contributed by atoms with Crippen LogP contribution in [0.2, 0.25) is 0 Å². The monoisotopic (exact) mass is 428 g/mol. The molecule has 1 aliphatic heterocycles. The molecule has 2 amide bonds. The third-order valence-corrected chi connectivity index (χ3v) is 5.84. The second kappa shape index (κ2) is 7.92. The highest BCUT2D eigenvalue weighted by atomic mass is 19.1. The number of para-hydroxylation sites is 1. The summed E-state index contributed by atoms with van der Waals surface area (Å²) in [6.45, 7) is 3.60. The second-order valence-electron chi connectivity index (χ2n) is 7.88. The number of carbonyl (C=O) groups excluding carboxylic acids is 2. The first-order chi connectivity index (χ1) is 15.5. The van der Waals surface area contributed by atoms with E-state index in [1.807, 2.05) is 49.9 Å². The molecule has 32 heavy (non-hydrogen) atoms. The van der Waals surface area contributed by atoms with E-state index in [2.05, 4.69) is 19.4 Å². The number of aryl methyl sites for hydroxylation is 3. The molecule has 1 aliphatic rings. The van der Waals surface area contributed by atoms with Gasteiger partial charge in [-0.15, -0.1) is 0 Å². The molecule has 0 radical (unpaired) electrons. The van der Waals surface area contributed by atoms with Crippen LogP contribution in [0.15, 0.2) is 67.3 Å². The average Bonchev–Trinajstić information content (AvgIpc) is 3.44. The van der Waals surface area contributed by atoms with Crippen molar-refractivity contribution in [1.82, 2.24) is 19.4 Å². The summed E-state index contributed by atoms with van der Waals surface area (Å²) in [7, 11) is 0. The van der Waals surface area contributed by atoms with Gasteiger partial charge in [-0.1, -0.05) is 30.3 Å². The Bertz CT molecular complexity index is 1380. The summed E-state index contributed by atoms with van der Waals surface area (Å²) in [6.07, 6.45) is 6.47. The molecule has 160 valence electrons. The first-order valence-electron chi connectivity index (χ1n) is 10.4. The number of imidazole rings is 1. The van der Waals surface area contributed by atoms with Crippen LogP contribution < -0.4 is 5.32 Å². The number of hydrogen-bond donors (Lipinski definition) is 1. The van der Waals surface area contributed by atoms with E-state index in [4.69, 9.17) is 0 Å². The van der Waals surface area contributed by atoms with Gasteiger partial charge in [-0.05, 0) is 37.1 Å². The fraction of sp³-hybridized carbons (Fsp3) is 0.160. The van der Waals surface area contributed by atoms with Crippen LogP contribution in [-0.2, 0) is 22.7 Å². The molecular weight excluding hydrogens is 407 g/mol. The maximum atomic E-state index is 13.4. The van der Waals surface area contributed by atoms with Crippen LogP contribution in [-0.4, -0.2) is 25.9 Å². The Kier molecular flexibility index (Phi) is 4.93. The van der Waals surface area contributed by atoms with E-state index in [1.54, 1.807) is 0 Å². The molecule has 6 nitrogen and oxygen atoms in total. The van der Waals surface area contributed by atoms with E-state index in [0.717, 1.165) is 36.1 Å². The normalized spacial score (nSPS) is 13.9. The van der Waals surface area contributed by atoms with E-state index in [-0.39, 0.29) is 5.57 Å². The Morgan fingerprint density at radius 3 is 2.41 bits per heavy atom. The van der Waals surface area contributed by atoms with Crippen molar-refractivity contribution in [2.45, 2.75) is 26.4 Å². The number of amides is 2. The third kappa shape index (κ3) is 3.41. The fourth-order valence-corrected chi connectivity index (χ4v) is 4.27. The molecule has 0 saturated heterocycles. The molecule has 0 fully saturated rings. The minimum atomic E-state index is -0.468. The number of imide groups is 1. The van der Waals surface area contributed by atoms with Gasteiger partial charge in [0.05, 0.1) is 17.5 Å². The topological polar surface area (TPSA) is 68.9 Å². The van der Waals surface area contributed by atoms with Crippen LogP contribution in [0.25, 0.3) is 22.0 Å². The van der Waals surface area contributed by atoms with Crippen molar-refractivity contribution in [1.29, 1.82) is 0 Å². The molecule has 5 rings (SSSR count). The van der Waals surface area contributed by atoms with Gasteiger partial charge >= 0.3 is 0 Å². The first-order valence-corrected chi connectivity index (χ1v) is 10.4. The average molecular weight is 428 g/mol. The summed E-state index contributed by atoms with van der Waals surface area (Å²) in [4.78, 5) is 29.6. The number of aromatic nitrogens is 3. The molecule has 0 saturated carbocycles. The maximum Gasteiger partial charge on any atom is 0.259 e. The minimum Gasteiger partial charge on any atom is -0.347 e. The Morgan fingerprint density at radius 2 is 1.66 bits per heavy atom. The van der Waals surface area contributed by atoms with Crippen LogP contribution in [0.5, 0.6) is 0 Å². The molecular formula is C25H21FN4O2. The molecule has 2 aromatic carbocycles. The van der Waals surface area contributed by atoms with Crippen molar-refractivity contribution in [3.63, 3.8) is 0 Å². The molecule has 2 aromatic heterocycles. The standard InChI is InChI=1S/C25H21FN4O2/c1-16-13-27-15-30(16)12-4-11-29-14-20(19-5-2-3-6-21(19)29)23-22(24(31)28-25(23)32)17-7-9-18(26)10-8-17/h2-3,5-10,13-15H,4,11-12H2,1H3,(H,28,31,32). The van der Waals surface area contributed by atoms with Gasteiger partial charge in [-0.25, -0.2) is 9.37 Å². The molecule has 4 aromatic rings. The Morgan fingerprint density at radius 1 is 0.938 bits per heavy atom. The van der Waals surface area contributed by atoms with Gasteiger partial charge in [-0.3, -0.25) is 14.9 Å². The van der Waals surface area contributed by atoms with Gasteiger partial charge < -0.3 is 9.13 Å². The molecule has 0 aliphatic carbocycles. The zero-order valence-corrected chi connectivity index (χ0v) is 17.5. The predicted octanol–water partition coefficient (Wildman–Crippen LogP) is 3.94. The fourth-order valence-electron chi connectivity index (χ4n) is 4.27. The molecule has 0 atom stereocenters. The van der Waals surface area contributed by atoms with E-state index in [1.165, 1.54) is 24.3 Å². The quantitative estimate of drug-likeness (QED) is 0.473. The second-order valence-corrected chi connectivity index (χ2v) is 7.88. The highest BCUT2D eigenvalue weighted by Gasteiger charge is 2.33. The lowest BCUT2D eigenvalue weighted by Crippen LogP contribution is -2.22. The van der Waals surface area contributed by atoms with Crippen molar-refractivity contribution < 1.29 is 14.0 Å². The van der Waals surface area contributed by atoms with E-state index in [9.17, 15) is 14.0 Å². The van der Waals surface area contributed by atoms with Gasteiger partial charge in [0.25, 0.3) is 11.8 Å². The highest BCUT2D eigenvalue weighted by molar-refractivity contribution is 6.50. The van der Waals surface area contributed by atoms with Crippen molar-refractivity contribution in [2.24, 2.45) is 0 Å². The maximum absolute atomic E-state index is 13.4. The van der Waals surface area contributed by atoms with Crippen molar-refractivity contribution >= 4 is 33.9 Å². The summed E-state index contributed by atoms with van der Waals surface area (Å²) in [5.74, 6) is -1.30. The van der Waals surface area contributed by atoms with Gasteiger partial charge in [-0.2, -0.15) is 0 Å². The van der Waals surface area contributed by atoms with E-state index < -0.39 is 17.6 Å². The van der Waals surface area contributed by atoms with E-state index in [0.29, 0.717) is 16.7 Å². The lowest BCUT2D eigenvalue weighted by atomic mass is 9.96. The number of nitrogens with one attached hydrogen (secondary N) is 1. The Hall–Kier alpha value is -4.00. The Balaban J connectivity index is 1.57. The smallest absolute Gasteiger partial charge is 0.259 e. The SMILES string of the molecule is Cc1cncn1CCCn1cc(C2=C(c3ccc(F)cc3)C(=O)NC2=O)c2ccccc21. The van der Waals surface area contributed by atoms with Crippen LogP contribution >= 0.6 is 0 Å². The number of halogens is 1. The van der Waals surface area contributed by atoms with Gasteiger partial charge in [0.15, 0.2) is 0 Å². The number of rotatable bonds is 6. The largest absolute Gasteiger partial charge is 0.347 e. The number of benzene rings is 2. The van der Waals surface area contributed by atoms with Gasteiger partial charge in [0, 0.05) is 47.6 Å². The molecule has 1 N–H and O–H groups in total. The lowest BCUT2D eigenvalue weighted by Gasteiger charge is -2.07. The zero-order chi connectivity index (χ0) is 22.2. The molecule has 0 spiro atoms. The van der Waals surface area contributed by atoms with E-state index >= 15 is 0 Å². The molecule has 0 bridgehead atoms. The van der Waals surface area contributed by atoms with Crippen LogP contribution in [0.4, 0.5) is 4.39 Å². The van der Waals surface area contributed by atoms with Crippen molar-refractivity contribution in [3.05, 3.63) is 89.9 Å². The summed E-state index contributed by atoms with van der Waals surface area (Å²) in [5.41, 5.74) is 3.90. The van der Waals surface area contributed by atoms with Gasteiger partial charge in [0.1, 0.15) is 5.82 Å².